The van der Waals surface area contributed by atoms with E-state index >= 15 is 0 Å². The van der Waals surface area contributed by atoms with E-state index in [9.17, 15) is 0 Å². The number of anilines is 1. The summed E-state index contributed by atoms with van der Waals surface area (Å²) in [5.41, 5.74) is 1.14. The van der Waals surface area contributed by atoms with Gasteiger partial charge in [0.05, 0.1) is 0 Å². The van der Waals surface area contributed by atoms with Crippen LogP contribution in [0.4, 0.5) is 5.69 Å². The molecule has 1 heterocycles. The van der Waals surface area contributed by atoms with Gasteiger partial charge in [0.25, 0.3) is 0 Å². The van der Waals surface area contributed by atoms with Gasteiger partial charge in [-0.2, -0.15) is 0 Å². The number of halogens is 2. The van der Waals surface area contributed by atoms with Crippen LogP contribution in [-0.4, -0.2) is 30.4 Å². The second kappa shape index (κ2) is 6.18. The summed E-state index contributed by atoms with van der Waals surface area (Å²) in [6, 6.07) is 7.93. The van der Waals surface area contributed by atoms with Gasteiger partial charge in [0.1, 0.15) is 0 Å². The third-order valence-corrected chi connectivity index (χ3v) is 3.31. The number of rotatable bonds is 4. The third kappa shape index (κ3) is 3.55. The molecule has 0 fully saturated rings. The van der Waals surface area contributed by atoms with Crippen molar-refractivity contribution in [2.45, 2.75) is 6.42 Å². The van der Waals surface area contributed by atoms with Gasteiger partial charge in [-0.15, -0.1) is 11.6 Å². The molecule has 0 bridgehead atoms. The van der Waals surface area contributed by atoms with Crippen molar-refractivity contribution in [2.75, 3.05) is 30.4 Å². The van der Waals surface area contributed by atoms with E-state index in [2.05, 4.69) is 28.3 Å². The quantitative estimate of drug-likeness (QED) is 0.772. The summed E-state index contributed by atoms with van der Waals surface area (Å²) < 4.78 is 0. The molecule has 0 atom stereocenters. The first-order valence-corrected chi connectivity index (χ1v) is 6.71. The van der Waals surface area contributed by atoms with Crippen molar-refractivity contribution in [3.8, 4) is 0 Å². The van der Waals surface area contributed by atoms with E-state index in [1.807, 2.05) is 18.2 Å². The molecule has 2 rings (SSSR count). The molecule has 0 N–H and O–H groups in total. The van der Waals surface area contributed by atoms with Gasteiger partial charge >= 0.3 is 0 Å². The average Bonchev–Trinajstić information content (AvgIpc) is 2.37. The zero-order valence-corrected chi connectivity index (χ0v) is 11.2. The number of benzene rings is 1. The summed E-state index contributed by atoms with van der Waals surface area (Å²) in [6.45, 7) is 3.04. The molecular formula is C13H16Cl2N2. The Bertz CT molecular complexity index is 393. The minimum atomic E-state index is 0.725. The molecule has 92 valence electrons. The van der Waals surface area contributed by atoms with Gasteiger partial charge in [-0.05, 0) is 24.6 Å². The molecule has 0 saturated heterocycles. The Morgan fingerprint density at radius 3 is 2.71 bits per heavy atom. The van der Waals surface area contributed by atoms with Crippen LogP contribution in [0.1, 0.15) is 6.42 Å². The molecule has 1 aliphatic heterocycles. The van der Waals surface area contributed by atoms with E-state index in [0.29, 0.717) is 0 Å². The largest absolute Gasteiger partial charge is 0.374 e. The molecule has 0 unspecified atom stereocenters. The molecule has 17 heavy (non-hydrogen) atoms. The van der Waals surface area contributed by atoms with Crippen LogP contribution >= 0.6 is 23.2 Å². The first-order chi connectivity index (χ1) is 8.29. The highest BCUT2D eigenvalue weighted by Gasteiger charge is 2.10. The molecule has 1 aromatic rings. The van der Waals surface area contributed by atoms with Crippen LogP contribution in [0.15, 0.2) is 36.7 Å². The Balaban J connectivity index is 1.97. The van der Waals surface area contributed by atoms with E-state index in [-0.39, 0.29) is 0 Å². The molecule has 0 spiro atoms. The Labute approximate surface area is 112 Å². The number of hydrogen-bond acceptors (Lipinski definition) is 2. The molecule has 0 aliphatic carbocycles. The monoisotopic (exact) mass is 270 g/mol. The van der Waals surface area contributed by atoms with Crippen molar-refractivity contribution in [1.29, 1.82) is 0 Å². The number of nitrogens with zero attached hydrogens (tertiary/aromatic N) is 2. The summed E-state index contributed by atoms with van der Waals surface area (Å²) >= 11 is 11.7. The first kappa shape index (κ1) is 12.6. The minimum absolute atomic E-state index is 0.725. The van der Waals surface area contributed by atoms with E-state index in [0.717, 1.165) is 42.6 Å². The molecule has 0 aromatic heterocycles. The molecular weight excluding hydrogens is 255 g/mol. The SMILES string of the molecule is ClCCCN1C=CN(c2cccc(Cl)c2)CC1. The fourth-order valence-corrected chi connectivity index (χ4v) is 2.18. The lowest BCUT2D eigenvalue weighted by atomic mass is 10.2. The van der Waals surface area contributed by atoms with Crippen LogP contribution < -0.4 is 4.90 Å². The van der Waals surface area contributed by atoms with Crippen LogP contribution in [0.25, 0.3) is 0 Å². The average molecular weight is 271 g/mol. The predicted molar refractivity (Wildman–Crippen MR) is 74.8 cm³/mol. The van der Waals surface area contributed by atoms with Gasteiger partial charge in [0, 0.05) is 48.6 Å². The summed E-state index contributed by atoms with van der Waals surface area (Å²) in [4.78, 5) is 4.51. The normalized spacial score (nSPS) is 15.4. The molecule has 0 saturated carbocycles. The van der Waals surface area contributed by atoms with Crippen LogP contribution in [0, 0.1) is 0 Å². The molecule has 2 nitrogen and oxygen atoms in total. The van der Waals surface area contributed by atoms with E-state index in [1.54, 1.807) is 0 Å². The van der Waals surface area contributed by atoms with E-state index < -0.39 is 0 Å². The third-order valence-electron chi connectivity index (χ3n) is 2.80. The molecule has 4 heteroatoms. The lowest BCUT2D eigenvalue weighted by molar-refractivity contribution is 0.371. The Kier molecular flexibility index (Phi) is 4.57. The maximum Gasteiger partial charge on any atom is 0.0426 e. The molecule has 0 amide bonds. The molecule has 1 aromatic carbocycles. The summed E-state index contributed by atoms with van der Waals surface area (Å²) in [5, 5.41) is 0.778. The zero-order chi connectivity index (χ0) is 12.1. The maximum absolute atomic E-state index is 5.99. The Morgan fingerprint density at radius 2 is 2.06 bits per heavy atom. The molecule has 1 aliphatic rings. The fraction of sp³-hybridized carbons (Fsp3) is 0.385. The van der Waals surface area contributed by atoms with Crippen molar-refractivity contribution in [1.82, 2.24) is 4.90 Å². The minimum Gasteiger partial charge on any atom is -0.374 e. The van der Waals surface area contributed by atoms with Crippen molar-refractivity contribution in [3.63, 3.8) is 0 Å². The number of alkyl halides is 1. The van der Waals surface area contributed by atoms with Crippen LogP contribution in [0.3, 0.4) is 0 Å². The summed E-state index contributed by atoms with van der Waals surface area (Å²) in [6.07, 6.45) is 5.25. The lowest BCUT2D eigenvalue weighted by Crippen LogP contribution is -2.35. The highest BCUT2D eigenvalue weighted by Crippen LogP contribution is 2.21. The summed E-state index contributed by atoms with van der Waals surface area (Å²) in [5.74, 6) is 0.725. The lowest BCUT2D eigenvalue weighted by Gasteiger charge is -2.31. The van der Waals surface area contributed by atoms with Gasteiger partial charge in [0.2, 0.25) is 0 Å². The van der Waals surface area contributed by atoms with Crippen LogP contribution in [0.2, 0.25) is 5.02 Å². The van der Waals surface area contributed by atoms with Gasteiger partial charge in [0.15, 0.2) is 0 Å². The Hall–Kier alpha value is -0.860. The topological polar surface area (TPSA) is 6.48 Å². The second-order valence-corrected chi connectivity index (χ2v) is 4.86. The van der Waals surface area contributed by atoms with Gasteiger partial charge in [-0.3, -0.25) is 0 Å². The second-order valence-electron chi connectivity index (χ2n) is 4.05. The smallest absolute Gasteiger partial charge is 0.0426 e. The molecule has 0 radical (unpaired) electrons. The van der Waals surface area contributed by atoms with Crippen LogP contribution in [-0.2, 0) is 0 Å². The highest BCUT2D eigenvalue weighted by molar-refractivity contribution is 6.30. The van der Waals surface area contributed by atoms with Crippen molar-refractivity contribution in [3.05, 3.63) is 41.7 Å². The van der Waals surface area contributed by atoms with Gasteiger partial charge in [-0.1, -0.05) is 17.7 Å². The zero-order valence-electron chi connectivity index (χ0n) is 9.65. The van der Waals surface area contributed by atoms with Gasteiger partial charge in [-0.25, -0.2) is 0 Å². The standard InChI is InChI=1S/C13H16Cl2N2/c14-5-2-6-16-7-9-17(10-8-16)13-4-1-3-12(15)11-13/h1,3-4,7,9,11H,2,5-6,8,10H2. The maximum atomic E-state index is 5.99. The summed E-state index contributed by atoms with van der Waals surface area (Å²) in [7, 11) is 0. The number of hydrogen-bond donors (Lipinski definition) is 0. The van der Waals surface area contributed by atoms with Crippen molar-refractivity contribution < 1.29 is 0 Å². The fourth-order valence-electron chi connectivity index (χ4n) is 1.88. The van der Waals surface area contributed by atoms with Crippen molar-refractivity contribution >= 4 is 28.9 Å². The van der Waals surface area contributed by atoms with Crippen LogP contribution in [0.5, 0.6) is 0 Å². The van der Waals surface area contributed by atoms with Gasteiger partial charge < -0.3 is 9.80 Å². The van der Waals surface area contributed by atoms with E-state index in [4.69, 9.17) is 23.2 Å². The Morgan fingerprint density at radius 1 is 1.18 bits per heavy atom. The highest BCUT2D eigenvalue weighted by atomic mass is 35.5. The first-order valence-electron chi connectivity index (χ1n) is 5.80. The predicted octanol–water partition coefficient (Wildman–Crippen LogP) is 3.56. The van der Waals surface area contributed by atoms with Crippen molar-refractivity contribution in [2.24, 2.45) is 0 Å². The van der Waals surface area contributed by atoms with E-state index in [1.165, 1.54) is 0 Å².